The van der Waals surface area contributed by atoms with Gasteiger partial charge in [0.25, 0.3) is 0 Å². The van der Waals surface area contributed by atoms with Gasteiger partial charge in [0.05, 0.1) is 11.5 Å². The summed E-state index contributed by atoms with van der Waals surface area (Å²) in [5, 5.41) is 3.01. The summed E-state index contributed by atoms with van der Waals surface area (Å²) in [4.78, 5) is 12.8. The lowest BCUT2D eigenvalue weighted by molar-refractivity contribution is -0.126. The van der Waals surface area contributed by atoms with Gasteiger partial charge in [-0.25, -0.2) is 8.42 Å². The van der Waals surface area contributed by atoms with Gasteiger partial charge < -0.3 is 10.1 Å². The van der Waals surface area contributed by atoms with Gasteiger partial charge in [-0.05, 0) is 62.4 Å². The molecule has 1 heterocycles. The van der Waals surface area contributed by atoms with Gasteiger partial charge in [-0.2, -0.15) is 4.31 Å². The Morgan fingerprint density at radius 3 is 2.37 bits per heavy atom. The van der Waals surface area contributed by atoms with Crippen molar-refractivity contribution in [2.75, 3.05) is 26.2 Å². The van der Waals surface area contributed by atoms with Crippen LogP contribution in [0.4, 0.5) is 0 Å². The number of amides is 1. The van der Waals surface area contributed by atoms with Crippen molar-refractivity contribution in [3.05, 3.63) is 60.2 Å². The second-order valence-corrected chi connectivity index (χ2v) is 9.40. The lowest BCUT2D eigenvalue weighted by Gasteiger charge is -2.30. The van der Waals surface area contributed by atoms with Crippen LogP contribution in [-0.4, -0.2) is 44.9 Å². The van der Waals surface area contributed by atoms with E-state index in [4.69, 9.17) is 4.74 Å². The van der Waals surface area contributed by atoms with Crippen molar-refractivity contribution in [3.8, 4) is 5.75 Å². The average molecular weight is 431 g/mol. The van der Waals surface area contributed by atoms with Crippen molar-refractivity contribution in [1.82, 2.24) is 9.62 Å². The molecule has 1 fully saturated rings. The number of benzene rings is 2. The number of carbonyl (C=O) groups is 1. The Morgan fingerprint density at radius 1 is 1.07 bits per heavy atom. The summed E-state index contributed by atoms with van der Waals surface area (Å²) in [6.45, 7) is 3.99. The molecule has 1 aliphatic rings. The van der Waals surface area contributed by atoms with Crippen LogP contribution in [0.1, 0.15) is 31.7 Å². The lowest BCUT2D eigenvalue weighted by Crippen LogP contribution is -2.43. The molecule has 0 aliphatic carbocycles. The third-order valence-corrected chi connectivity index (χ3v) is 7.29. The molecule has 1 amide bonds. The van der Waals surface area contributed by atoms with E-state index in [2.05, 4.69) is 17.4 Å². The third kappa shape index (κ3) is 5.83. The minimum Gasteiger partial charge on any atom is -0.494 e. The first-order chi connectivity index (χ1) is 14.5. The first-order valence-corrected chi connectivity index (χ1v) is 12.0. The fraction of sp³-hybridized carbons (Fsp3) is 0.435. The molecule has 2 aromatic carbocycles. The van der Waals surface area contributed by atoms with Gasteiger partial charge in [-0.15, -0.1) is 0 Å². The van der Waals surface area contributed by atoms with Crippen LogP contribution in [0.3, 0.4) is 0 Å². The number of hydrogen-bond donors (Lipinski definition) is 1. The van der Waals surface area contributed by atoms with Gasteiger partial charge in [0, 0.05) is 25.6 Å². The number of hydrogen-bond acceptors (Lipinski definition) is 4. The predicted octanol–water partition coefficient (Wildman–Crippen LogP) is 3.24. The van der Waals surface area contributed by atoms with Crippen molar-refractivity contribution in [3.63, 3.8) is 0 Å². The molecule has 3 rings (SSSR count). The highest BCUT2D eigenvalue weighted by molar-refractivity contribution is 7.89. The summed E-state index contributed by atoms with van der Waals surface area (Å²) < 4.78 is 32.3. The van der Waals surface area contributed by atoms with Crippen molar-refractivity contribution >= 4 is 15.9 Å². The summed E-state index contributed by atoms with van der Waals surface area (Å²) in [5.74, 6) is 0.770. The number of nitrogens with zero attached hydrogens (tertiary/aromatic N) is 1. The lowest BCUT2D eigenvalue weighted by atomic mass is 9.97. The molecule has 2 aromatic rings. The molecule has 1 saturated heterocycles. The molecule has 0 unspecified atom stereocenters. The number of carbonyl (C=O) groups excluding carboxylic acids is 1. The second-order valence-electron chi connectivity index (χ2n) is 7.46. The molecule has 0 atom stereocenters. The minimum atomic E-state index is -3.48. The van der Waals surface area contributed by atoms with Crippen LogP contribution in [0.2, 0.25) is 0 Å². The fourth-order valence-corrected chi connectivity index (χ4v) is 5.16. The molecule has 1 N–H and O–H groups in total. The summed E-state index contributed by atoms with van der Waals surface area (Å²) >= 11 is 0. The van der Waals surface area contributed by atoms with E-state index in [0.29, 0.717) is 44.0 Å². The molecule has 6 nitrogen and oxygen atoms in total. The molecule has 0 radical (unpaired) electrons. The molecule has 0 saturated carbocycles. The topological polar surface area (TPSA) is 75.7 Å². The maximum absolute atomic E-state index is 12.7. The van der Waals surface area contributed by atoms with E-state index in [-0.39, 0.29) is 11.8 Å². The Morgan fingerprint density at radius 2 is 1.73 bits per heavy atom. The van der Waals surface area contributed by atoms with Crippen LogP contribution < -0.4 is 10.1 Å². The van der Waals surface area contributed by atoms with Gasteiger partial charge in [0.1, 0.15) is 5.75 Å². The van der Waals surface area contributed by atoms with Gasteiger partial charge in [-0.1, -0.05) is 30.3 Å². The van der Waals surface area contributed by atoms with Crippen molar-refractivity contribution in [2.45, 2.75) is 37.5 Å². The highest BCUT2D eigenvalue weighted by atomic mass is 32.2. The van der Waals surface area contributed by atoms with E-state index in [9.17, 15) is 13.2 Å². The molecule has 0 aromatic heterocycles. The van der Waals surface area contributed by atoms with Crippen LogP contribution in [0, 0.1) is 5.92 Å². The molecule has 7 heteroatoms. The van der Waals surface area contributed by atoms with Gasteiger partial charge in [-0.3, -0.25) is 4.79 Å². The SMILES string of the molecule is CCOc1ccc(CCCNC(=O)C2CCN(S(=O)(=O)c3ccccc3)CC2)cc1. The Labute approximate surface area is 179 Å². The first-order valence-electron chi connectivity index (χ1n) is 10.6. The number of nitrogens with one attached hydrogen (secondary N) is 1. The monoisotopic (exact) mass is 430 g/mol. The van der Waals surface area contributed by atoms with Crippen molar-refractivity contribution in [1.29, 1.82) is 0 Å². The molecule has 0 spiro atoms. The standard InChI is InChI=1S/C23H30N2O4S/c1-2-29-21-12-10-19(11-13-21)7-6-16-24-23(26)20-14-17-25(18-15-20)30(27,28)22-8-4-3-5-9-22/h3-5,8-13,20H,2,6-7,14-18H2,1H3,(H,24,26). The Kier molecular flexibility index (Phi) is 7.87. The fourth-order valence-electron chi connectivity index (χ4n) is 3.67. The number of sulfonamides is 1. The Hall–Kier alpha value is -2.38. The quantitative estimate of drug-likeness (QED) is 0.620. The second kappa shape index (κ2) is 10.6. The molecule has 1 aliphatic heterocycles. The molecular formula is C23H30N2O4S. The van der Waals surface area contributed by atoms with E-state index in [1.807, 2.05) is 19.1 Å². The highest BCUT2D eigenvalue weighted by Gasteiger charge is 2.31. The van der Waals surface area contributed by atoms with Crippen LogP contribution in [0.15, 0.2) is 59.5 Å². The van der Waals surface area contributed by atoms with Crippen LogP contribution >= 0.6 is 0 Å². The zero-order valence-electron chi connectivity index (χ0n) is 17.4. The van der Waals surface area contributed by atoms with Crippen molar-refractivity contribution < 1.29 is 17.9 Å². The van der Waals surface area contributed by atoms with E-state index >= 15 is 0 Å². The largest absolute Gasteiger partial charge is 0.494 e. The van der Waals surface area contributed by atoms with E-state index in [0.717, 1.165) is 18.6 Å². The minimum absolute atomic E-state index is 0.0263. The van der Waals surface area contributed by atoms with Crippen LogP contribution in [0.25, 0.3) is 0 Å². The maximum atomic E-state index is 12.7. The summed E-state index contributed by atoms with van der Waals surface area (Å²) in [5.41, 5.74) is 1.21. The van der Waals surface area contributed by atoms with Gasteiger partial charge in [0.2, 0.25) is 15.9 Å². The average Bonchev–Trinajstić information content (AvgIpc) is 2.78. The predicted molar refractivity (Wildman–Crippen MR) is 117 cm³/mol. The highest BCUT2D eigenvalue weighted by Crippen LogP contribution is 2.24. The Balaban J connectivity index is 1.39. The van der Waals surface area contributed by atoms with Crippen molar-refractivity contribution in [2.24, 2.45) is 5.92 Å². The normalized spacial score (nSPS) is 15.6. The van der Waals surface area contributed by atoms with E-state index in [1.54, 1.807) is 30.3 Å². The third-order valence-electron chi connectivity index (χ3n) is 5.38. The summed E-state index contributed by atoms with van der Waals surface area (Å²) in [6, 6.07) is 16.5. The Bertz CT molecular complexity index is 906. The number of ether oxygens (including phenoxy) is 1. The van der Waals surface area contributed by atoms with Crippen LogP contribution in [-0.2, 0) is 21.2 Å². The molecular weight excluding hydrogens is 400 g/mol. The van der Waals surface area contributed by atoms with E-state index < -0.39 is 10.0 Å². The zero-order chi connectivity index (χ0) is 21.4. The zero-order valence-corrected chi connectivity index (χ0v) is 18.2. The molecule has 30 heavy (non-hydrogen) atoms. The maximum Gasteiger partial charge on any atom is 0.243 e. The van der Waals surface area contributed by atoms with Gasteiger partial charge in [0.15, 0.2) is 0 Å². The number of aryl methyl sites for hydroxylation is 1. The van der Waals surface area contributed by atoms with E-state index in [1.165, 1.54) is 9.87 Å². The summed E-state index contributed by atoms with van der Waals surface area (Å²) in [6.07, 6.45) is 2.86. The first kappa shape index (κ1) is 22.3. The molecule has 162 valence electrons. The number of piperidine rings is 1. The number of rotatable bonds is 9. The van der Waals surface area contributed by atoms with Crippen LogP contribution in [0.5, 0.6) is 5.75 Å². The molecule has 0 bridgehead atoms. The van der Waals surface area contributed by atoms with Gasteiger partial charge >= 0.3 is 0 Å². The summed E-state index contributed by atoms with van der Waals surface area (Å²) in [7, 11) is -3.48. The smallest absolute Gasteiger partial charge is 0.243 e.